The minimum absolute atomic E-state index is 0.0142. The van der Waals surface area contributed by atoms with Crippen molar-refractivity contribution in [2.24, 2.45) is 0 Å². The minimum atomic E-state index is 0.0142. The lowest BCUT2D eigenvalue weighted by molar-refractivity contribution is 0.307. The van der Waals surface area contributed by atoms with Gasteiger partial charge in [-0.3, -0.25) is 0 Å². The van der Waals surface area contributed by atoms with Gasteiger partial charge in [0.1, 0.15) is 5.76 Å². The van der Waals surface area contributed by atoms with Crippen LogP contribution in [0.15, 0.2) is 59.2 Å². The highest BCUT2D eigenvalue weighted by molar-refractivity contribution is 5.53. The van der Waals surface area contributed by atoms with E-state index in [1.807, 2.05) is 49.4 Å². The fourth-order valence-corrected chi connectivity index (χ4v) is 2.38. The van der Waals surface area contributed by atoms with Crippen molar-refractivity contribution in [3.8, 4) is 17.3 Å². The third kappa shape index (κ3) is 4.55. The lowest BCUT2D eigenvalue weighted by atomic mass is 10.2. The largest absolute Gasteiger partial charge is 0.477 e. The normalized spacial score (nSPS) is 11.1. The molecule has 5 heteroatoms. The van der Waals surface area contributed by atoms with Crippen LogP contribution in [0.4, 0.5) is 0 Å². The van der Waals surface area contributed by atoms with Crippen LogP contribution in [0.3, 0.4) is 0 Å². The average molecular weight is 336 g/mol. The van der Waals surface area contributed by atoms with Crippen LogP contribution in [0, 0.1) is 6.92 Å². The zero-order valence-corrected chi connectivity index (χ0v) is 14.1. The molecule has 3 aromatic rings. The number of nitrogens with zero attached hydrogens (tertiary/aromatic N) is 2. The molecule has 0 bridgehead atoms. The first-order chi connectivity index (χ1) is 12.3. The van der Waals surface area contributed by atoms with Crippen LogP contribution < -0.4 is 4.74 Å². The van der Waals surface area contributed by atoms with Gasteiger partial charge in [0.25, 0.3) is 0 Å². The summed E-state index contributed by atoms with van der Waals surface area (Å²) in [5.41, 5.74) is 2.77. The summed E-state index contributed by atoms with van der Waals surface area (Å²) in [5.74, 6) is 2.00. The summed E-state index contributed by atoms with van der Waals surface area (Å²) in [5, 5.41) is 8.76. The van der Waals surface area contributed by atoms with E-state index < -0.39 is 0 Å². The number of aromatic nitrogens is 2. The number of rotatable bonds is 7. The van der Waals surface area contributed by atoms with Gasteiger partial charge in [0.2, 0.25) is 11.8 Å². The van der Waals surface area contributed by atoms with E-state index in [0.717, 1.165) is 22.6 Å². The van der Waals surface area contributed by atoms with Crippen LogP contribution in [0.25, 0.3) is 17.5 Å². The van der Waals surface area contributed by atoms with Crippen molar-refractivity contribution in [3.05, 3.63) is 71.8 Å². The molecule has 128 valence electrons. The molecule has 1 aromatic carbocycles. The van der Waals surface area contributed by atoms with E-state index in [9.17, 15) is 0 Å². The van der Waals surface area contributed by atoms with Gasteiger partial charge in [-0.05, 0) is 30.7 Å². The van der Waals surface area contributed by atoms with Gasteiger partial charge < -0.3 is 14.3 Å². The topological polar surface area (TPSA) is 68.4 Å². The summed E-state index contributed by atoms with van der Waals surface area (Å²) in [6.07, 6.45) is 5.82. The van der Waals surface area contributed by atoms with E-state index in [1.165, 1.54) is 0 Å². The second-order valence-electron chi connectivity index (χ2n) is 5.50. The number of aliphatic hydroxyl groups excluding tert-OH is 1. The van der Waals surface area contributed by atoms with Crippen LogP contribution in [0.5, 0.6) is 5.88 Å². The predicted molar refractivity (Wildman–Crippen MR) is 96.2 cm³/mol. The molecule has 2 heterocycles. The van der Waals surface area contributed by atoms with E-state index in [1.54, 1.807) is 18.3 Å². The molecule has 3 rings (SSSR count). The molecule has 25 heavy (non-hydrogen) atoms. The molecular weight excluding hydrogens is 316 g/mol. The summed E-state index contributed by atoms with van der Waals surface area (Å²) in [4.78, 5) is 8.80. The van der Waals surface area contributed by atoms with Crippen molar-refractivity contribution in [2.45, 2.75) is 13.3 Å². The molecule has 0 radical (unpaired) electrons. The lowest BCUT2D eigenvalue weighted by Gasteiger charge is -2.04. The standard InChI is InChI=1S/C20H20N2O3/c1-15-18(22-20(25-15)17-7-3-2-4-8-17)11-13-24-19-10-9-16(14-21-19)6-5-12-23/h2-10,14,23H,11-13H2,1H3. The molecule has 0 amide bonds. The highest BCUT2D eigenvalue weighted by atomic mass is 16.5. The Balaban J connectivity index is 1.57. The van der Waals surface area contributed by atoms with Crippen LogP contribution in [0.1, 0.15) is 17.0 Å². The number of oxazole rings is 1. The molecule has 0 aliphatic rings. The Bertz CT molecular complexity index is 824. The van der Waals surface area contributed by atoms with Crippen LogP contribution in [-0.2, 0) is 6.42 Å². The molecule has 0 aliphatic carbocycles. The summed E-state index contributed by atoms with van der Waals surface area (Å²) in [7, 11) is 0. The maximum Gasteiger partial charge on any atom is 0.226 e. The van der Waals surface area contributed by atoms with Crippen molar-refractivity contribution in [1.82, 2.24) is 9.97 Å². The Hall–Kier alpha value is -2.92. The maximum atomic E-state index is 8.76. The molecule has 0 saturated heterocycles. The number of hydrogen-bond acceptors (Lipinski definition) is 5. The summed E-state index contributed by atoms with van der Waals surface area (Å²) >= 11 is 0. The number of aliphatic hydroxyl groups is 1. The summed E-state index contributed by atoms with van der Waals surface area (Å²) in [6, 6.07) is 13.5. The van der Waals surface area contributed by atoms with Gasteiger partial charge in [-0.15, -0.1) is 0 Å². The van der Waals surface area contributed by atoms with Gasteiger partial charge in [0, 0.05) is 24.2 Å². The number of ether oxygens (including phenoxy) is 1. The van der Waals surface area contributed by atoms with E-state index >= 15 is 0 Å². The highest BCUT2D eigenvalue weighted by Crippen LogP contribution is 2.21. The zero-order chi connectivity index (χ0) is 17.5. The highest BCUT2D eigenvalue weighted by Gasteiger charge is 2.11. The van der Waals surface area contributed by atoms with Crippen LogP contribution >= 0.6 is 0 Å². The number of aryl methyl sites for hydroxylation is 1. The molecule has 2 aromatic heterocycles. The lowest BCUT2D eigenvalue weighted by Crippen LogP contribution is -2.03. The summed E-state index contributed by atoms with van der Waals surface area (Å²) in [6.45, 7) is 2.40. The zero-order valence-electron chi connectivity index (χ0n) is 14.1. The Morgan fingerprint density at radius 1 is 1.16 bits per heavy atom. The molecule has 0 unspecified atom stereocenters. The van der Waals surface area contributed by atoms with Gasteiger partial charge in [0.15, 0.2) is 0 Å². The Morgan fingerprint density at radius 2 is 2.00 bits per heavy atom. The SMILES string of the molecule is Cc1oc(-c2ccccc2)nc1CCOc1ccc(C=CCO)cn1. The average Bonchev–Trinajstić information content (AvgIpc) is 3.03. The molecular formula is C20H20N2O3. The summed E-state index contributed by atoms with van der Waals surface area (Å²) < 4.78 is 11.4. The van der Waals surface area contributed by atoms with Crippen molar-refractivity contribution in [3.63, 3.8) is 0 Å². The van der Waals surface area contributed by atoms with Gasteiger partial charge in [-0.1, -0.05) is 30.4 Å². The quantitative estimate of drug-likeness (QED) is 0.713. The van der Waals surface area contributed by atoms with Crippen molar-refractivity contribution >= 4 is 6.08 Å². The van der Waals surface area contributed by atoms with E-state index in [-0.39, 0.29) is 6.61 Å². The number of hydrogen-bond donors (Lipinski definition) is 1. The molecule has 0 atom stereocenters. The smallest absolute Gasteiger partial charge is 0.226 e. The maximum absolute atomic E-state index is 8.76. The van der Waals surface area contributed by atoms with Crippen LogP contribution in [0.2, 0.25) is 0 Å². The fraction of sp³-hybridized carbons (Fsp3) is 0.200. The molecule has 0 aliphatic heterocycles. The van der Waals surface area contributed by atoms with Crippen LogP contribution in [-0.4, -0.2) is 28.3 Å². The van der Waals surface area contributed by atoms with Gasteiger partial charge in [-0.2, -0.15) is 0 Å². The fourth-order valence-electron chi connectivity index (χ4n) is 2.38. The van der Waals surface area contributed by atoms with Crippen molar-refractivity contribution < 1.29 is 14.3 Å². The molecule has 0 spiro atoms. The number of benzene rings is 1. The van der Waals surface area contributed by atoms with E-state index in [2.05, 4.69) is 9.97 Å². The Labute approximate surface area is 146 Å². The molecule has 0 fully saturated rings. The molecule has 0 saturated carbocycles. The number of pyridine rings is 1. The van der Waals surface area contributed by atoms with Crippen molar-refractivity contribution in [2.75, 3.05) is 13.2 Å². The second-order valence-corrected chi connectivity index (χ2v) is 5.50. The first-order valence-corrected chi connectivity index (χ1v) is 8.14. The van der Waals surface area contributed by atoms with Gasteiger partial charge in [0.05, 0.1) is 18.9 Å². The van der Waals surface area contributed by atoms with E-state index in [4.69, 9.17) is 14.3 Å². The third-order valence-electron chi connectivity index (χ3n) is 3.68. The first-order valence-electron chi connectivity index (χ1n) is 8.14. The van der Waals surface area contributed by atoms with Gasteiger partial charge >= 0.3 is 0 Å². The third-order valence-corrected chi connectivity index (χ3v) is 3.68. The van der Waals surface area contributed by atoms with E-state index in [0.29, 0.717) is 24.8 Å². The second kappa shape index (κ2) is 8.26. The molecule has 5 nitrogen and oxygen atoms in total. The first kappa shape index (κ1) is 16.9. The monoisotopic (exact) mass is 336 g/mol. The predicted octanol–water partition coefficient (Wildman–Crippen LogP) is 3.67. The minimum Gasteiger partial charge on any atom is -0.477 e. The Kier molecular flexibility index (Phi) is 5.59. The molecule has 1 N–H and O–H groups in total. The Morgan fingerprint density at radius 3 is 2.72 bits per heavy atom. The van der Waals surface area contributed by atoms with Crippen molar-refractivity contribution in [1.29, 1.82) is 0 Å². The van der Waals surface area contributed by atoms with Gasteiger partial charge in [-0.25, -0.2) is 9.97 Å².